The first-order valence-corrected chi connectivity index (χ1v) is 7.27. The number of aromatic nitrogens is 2. The SMILES string of the molecule is CCN(C(C)C#N)S(=O)(=O)c1cc(C(=O)OC)n(C)n1. The minimum absolute atomic E-state index is 0.0201. The van der Waals surface area contributed by atoms with E-state index in [9.17, 15) is 13.2 Å². The Balaban J connectivity index is 3.30. The molecule has 1 rings (SSSR count). The molecule has 0 aliphatic heterocycles. The minimum Gasteiger partial charge on any atom is -0.464 e. The lowest BCUT2D eigenvalue weighted by molar-refractivity contribution is 0.0588. The van der Waals surface area contributed by atoms with Crippen molar-refractivity contribution >= 4 is 16.0 Å². The molecule has 9 heteroatoms. The van der Waals surface area contributed by atoms with E-state index in [0.29, 0.717) is 0 Å². The molecule has 0 aliphatic rings. The van der Waals surface area contributed by atoms with Crippen molar-refractivity contribution in [1.29, 1.82) is 5.26 Å². The van der Waals surface area contributed by atoms with Gasteiger partial charge in [0.1, 0.15) is 11.7 Å². The third kappa shape index (κ3) is 2.81. The van der Waals surface area contributed by atoms with Crippen LogP contribution in [0.4, 0.5) is 0 Å². The lowest BCUT2D eigenvalue weighted by Gasteiger charge is -2.20. The molecule has 20 heavy (non-hydrogen) atoms. The summed E-state index contributed by atoms with van der Waals surface area (Å²) in [6.45, 7) is 3.22. The number of methoxy groups -OCH3 is 1. The van der Waals surface area contributed by atoms with Gasteiger partial charge in [0, 0.05) is 19.7 Å². The highest BCUT2D eigenvalue weighted by Gasteiger charge is 2.31. The van der Waals surface area contributed by atoms with E-state index in [1.54, 1.807) is 6.92 Å². The molecule has 0 fully saturated rings. The molecule has 1 atom stereocenters. The lowest BCUT2D eigenvalue weighted by atomic mass is 10.4. The summed E-state index contributed by atoms with van der Waals surface area (Å²) in [6, 6.07) is 2.18. The van der Waals surface area contributed by atoms with Crippen molar-refractivity contribution in [2.45, 2.75) is 24.9 Å². The molecule has 0 bridgehead atoms. The molecule has 0 aliphatic carbocycles. The third-order valence-electron chi connectivity index (χ3n) is 2.76. The van der Waals surface area contributed by atoms with E-state index in [1.165, 1.54) is 21.1 Å². The van der Waals surface area contributed by atoms with E-state index >= 15 is 0 Å². The number of hydrogen-bond acceptors (Lipinski definition) is 6. The molecule has 1 unspecified atom stereocenters. The Labute approximate surface area is 117 Å². The molecule has 110 valence electrons. The van der Waals surface area contributed by atoms with E-state index in [1.807, 2.05) is 6.07 Å². The molecule has 8 nitrogen and oxygen atoms in total. The minimum atomic E-state index is -3.93. The lowest BCUT2D eigenvalue weighted by Crippen LogP contribution is -2.37. The normalized spacial score (nSPS) is 13.0. The van der Waals surface area contributed by atoms with Crippen molar-refractivity contribution in [3.05, 3.63) is 11.8 Å². The fourth-order valence-electron chi connectivity index (χ4n) is 1.70. The van der Waals surface area contributed by atoms with Gasteiger partial charge in [-0.15, -0.1) is 0 Å². The van der Waals surface area contributed by atoms with Gasteiger partial charge in [-0.2, -0.15) is 14.7 Å². The second-order valence-electron chi connectivity index (χ2n) is 4.00. The van der Waals surface area contributed by atoms with Crippen LogP contribution >= 0.6 is 0 Å². The van der Waals surface area contributed by atoms with Gasteiger partial charge in [0.2, 0.25) is 0 Å². The Morgan fingerprint density at radius 1 is 1.65 bits per heavy atom. The summed E-state index contributed by atoms with van der Waals surface area (Å²) >= 11 is 0. The molecule has 0 saturated carbocycles. The number of carbonyl (C=O) groups excluding carboxylic acids is 1. The third-order valence-corrected chi connectivity index (χ3v) is 4.68. The smallest absolute Gasteiger partial charge is 0.356 e. The van der Waals surface area contributed by atoms with Crippen molar-refractivity contribution in [2.24, 2.45) is 7.05 Å². The van der Waals surface area contributed by atoms with Crippen molar-refractivity contribution in [3.63, 3.8) is 0 Å². The molecule has 0 spiro atoms. The molecule has 0 amide bonds. The van der Waals surface area contributed by atoms with Crippen molar-refractivity contribution < 1.29 is 17.9 Å². The van der Waals surface area contributed by atoms with E-state index in [-0.39, 0.29) is 17.3 Å². The summed E-state index contributed by atoms with van der Waals surface area (Å²) in [5, 5.41) is 12.4. The number of sulfonamides is 1. The van der Waals surface area contributed by atoms with Gasteiger partial charge < -0.3 is 4.74 Å². The molecule has 1 aromatic rings. The fraction of sp³-hybridized carbons (Fsp3) is 0.545. The standard InChI is InChI=1S/C11H16N4O4S/c1-5-15(8(2)7-12)20(17,18)10-6-9(11(16)19-4)14(3)13-10/h6,8H,5H2,1-4H3. The van der Waals surface area contributed by atoms with E-state index in [4.69, 9.17) is 5.26 Å². The van der Waals surface area contributed by atoms with Crippen LogP contribution in [0.3, 0.4) is 0 Å². The Kier molecular flexibility index (Phi) is 4.86. The Bertz CT molecular complexity index is 644. The molecule has 0 saturated heterocycles. The number of hydrogen-bond donors (Lipinski definition) is 0. The fourth-order valence-corrected chi connectivity index (χ4v) is 3.23. The topological polar surface area (TPSA) is 105 Å². The first-order valence-electron chi connectivity index (χ1n) is 5.83. The van der Waals surface area contributed by atoms with Crippen LogP contribution in [-0.4, -0.2) is 48.2 Å². The maximum Gasteiger partial charge on any atom is 0.356 e. The highest BCUT2D eigenvalue weighted by atomic mass is 32.2. The maximum absolute atomic E-state index is 12.4. The summed E-state index contributed by atoms with van der Waals surface area (Å²) in [7, 11) is -1.30. The molecular formula is C11H16N4O4S. The maximum atomic E-state index is 12.4. The Morgan fingerprint density at radius 2 is 2.25 bits per heavy atom. The zero-order valence-corrected chi connectivity index (χ0v) is 12.5. The van der Waals surface area contributed by atoms with Gasteiger partial charge in [-0.1, -0.05) is 6.92 Å². The van der Waals surface area contributed by atoms with E-state index < -0.39 is 22.0 Å². The van der Waals surface area contributed by atoms with Crippen LogP contribution in [-0.2, 0) is 21.8 Å². The Morgan fingerprint density at radius 3 is 2.70 bits per heavy atom. The van der Waals surface area contributed by atoms with Crippen LogP contribution < -0.4 is 0 Å². The highest BCUT2D eigenvalue weighted by Crippen LogP contribution is 2.18. The monoisotopic (exact) mass is 300 g/mol. The first kappa shape index (κ1) is 16.1. The molecule has 1 heterocycles. The number of esters is 1. The Hall–Kier alpha value is -1.92. The van der Waals surface area contributed by atoms with Gasteiger partial charge in [0.25, 0.3) is 10.0 Å². The molecular weight excluding hydrogens is 284 g/mol. The second kappa shape index (κ2) is 6.02. The predicted molar refractivity (Wildman–Crippen MR) is 69.2 cm³/mol. The molecule has 0 N–H and O–H groups in total. The van der Waals surface area contributed by atoms with E-state index in [2.05, 4.69) is 9.84 Å². The van der Waals surface area contributed by atoms with Gasteiger partial charge in [0.15, 0.2) is 5.03 Å². The first-order chi connectivity index (χ1) is 9.29. The van der Waals surface area contributed by atoms with Crippen LogP contribution in [0, 0.1) is 11.3 Å². The summed E-state index contributed by atoms with van der Waals surface area (Å²) in [5.41, 5.74) is 0.0201. The average Bonchev–Trinajstić information content (AvgIpc) is 2.81. The number of ether oxygens (including phenoxy) is 1. The van der Waals surface area contributed by atoms with Crippen LogP contribution in [0.1, 0.15) is 24.3 Å². The predicted octanol–water partition coefficient (Wildman–Crippen LogP) is 0.129. The van der Waals surface area contributed by atoms with Gasteiger partial charge in [-0.05, 0) is 6.92 Å². The number of carbonyl (C=O) groups is 1. The number of nitrogens with zero attached hydrogens (tertiary/aromatic N) is 4. The summed E-state index contributed by atoms with van der Waals surface area (Å²) in [5.74, 6) is -0.683. The van der Waals surface area contributed by atoms with Crippen molar-refractivity contribution in [3.8, 4) is 6.07 Å². The number of rotatable bonds is 5. The van der Waals surface area contributed by atoms with Gasteiger partial charge >= 0.3 is 5.97 Å². The molecule has 0 radical (unpaired) electrons. The van der Waals surface area contributed by atoms with Gasteiger partial charge in [0.05, 0.1) is 13.2 Å². The van der Waals surface area contributed by atoms with Crippen LogP contribution in [0.5, 0.6) is 0 Å². The summed E-state index contributed by atoms with van der Waals surface area (Å²) < 4.78 is 31.5. The zero-order chi connectivity index (χ0) is 15.5. The number of aryl methyl sites for hydroxylation is 1. The zero-order valence-electron chi connectivity index (χ0n) is 11.7. The van der Waals surface area contributed by atoms with E-state index in [0.717, 1.165) is 15.1 Å². The second-order valence-corrected chi connectivity index (χ2v) is 5.83. The van der Waals surface area contributed by atoms with Crippen LogP contribution in [0.25, 0.3) is 0 Å². The van der Waals surface area contributed by atoms with Crippen LogP contribution in [0.2, 0.25) is 0 Å². The van der Waals surface area contributed by atoms with Crippen molar-refractivity contribution in [1.82, 2.24) is 14.1 Å². The largest absolute Gasteiger partial charge is 0.464 e. The summed E-state index contributed by atoms with van der Waals surface area (Å²) in [6.07, 6.45) is 0. The quantitative estimate of drug-likeness (QED) is 0.716. The van der Waals surface area contributed by atoms with Crippen molar-refractivity contribution in [2.75, 3.05) is 13.7 Å². The highest BCUT2D eigenvalue weighted by molar-refractivity contribution is 7.89. The average molecular weight is 300 g/mol. The molecule has 1 aromatic heterocycles. The number of nitriles is 1. The van der Waals surface area contributed by atoms with Gasteiger partial charge in [-0.3, -0.25) is 4.68 Å². The molecule has 0 aromatic carbocycles. The summed E-state index contributed by atoms with van der Waals surface area (Å²) in [4.78, 5) is 11.5. The van der Waals surface area contributed by atoms with Crippen LogP contribution in [0.15, 0.2) is 11.1 Å². The van der Waals surface area contributed by atoms with Gasteiger partial charge in [-0.25, -0.2) is 13.2 Å².